The van der Waals surface area contributed by atoms with E-state index in [9.17, 15) is 1.41 Å². The monoisotopic (exact) mass is 1150 g/mol. The van der Waals surface area contributed by atoms with Gasteiger partial charge in [0.1, 0.15) is 0 Å². The van der Waals surface area contributed by atoms with Gasteiger partial charge in [-0.1, -0.05) is 0 Å². The third kappa shape index (κ3) is 15.9. The van der Waals surface area contributed by atoms with E-state index in [1.54, 1.807) is 0 Å². The van der Waals surface area contributed by atoms with Gasteiger partial charge < -0.3 is 0 Å². The molecule has 8 heteroatoms. The minimum atomic E-state index is -4.67. The van der Waals surface area contributed by atoms with E-state index in [1.165, 1.54) is 33.4 Å². The normalized spacial score (nSPS) is 13.4. The molecule has 2 N–H and O–H groups in total. The molecule has 6 aromatic carbocycles. The maximum Gasteiger partial charge on any atom is 0.394 e. The molecule has 0 heterocycles. The Hall–Kier alpha value is -3.25. The van der Waals surface area contributed by atoms with Crippen molar-refractivity contribution in [2.75, 3.05) is 0 Å². The van der Waals surface area contributed by atoms with Crippen LogP contribution in [0, 0.1) is 0 Å². The van der Waals surface area contributed by atoms with Gasteiger partial charge >= 0.3 is 407 Å². The van der Waals surface area contributed by atoms with Crippen molar-refractivity contribution in [1.82, 2.24) is 0 Å². The second-order valence-electron chi connectivity index (χ2n) is 23.5. The van der Waals surface area contributed by atoms with Crippen molar-refractivity contribution in [3.05, 3.63) is 215 Å². The van der Waals surface area contributed by atoms with Gasteiger partial charge in [0.2, 0.25) is 0 Å². The molecule has 0 atom stereocenters. The topological polar surface area (TPSA) is 83.8 Å². The van der Waals surface area contributed by atoms with Gasteiger partial charge in [0.15, 0.2) is 0 Å². The number of rotatable bonds is 20. The zero-order valence-electron chi connectivity index (χ0n) is 43.1. The maximum atomic E-state index is 9.39. The second-order valence-corrected chi connectivity index (χ2v) is 48.4. The molecule has 0 aliphatic carbocycles. The molecule has 6 rings (SSSR count). The molecule has 68 heavy (non-hydrogen) atoms. The van der Waals surface area contributed by atoms with E-state index in [2.05, 4.69) is 265 Å². The average molecular weight is 1150 g/mol. The van der Waals surface area contributed by atoms with E-state index in [0.29, 0.717) is 0 Å². The molecule has 0 radical (unpaired) electrons. The zero-order chi connectivity index (χ0) is 50.1. The van der Waals surface area contributed by atoms with Crippen LogP contribution in [0.15, 0.2) is 182 Å². The van der Waals surface area contributed by atoms with E-state index < -0.39 is 48.0 Å². The average Bonchev–Trinajstić information content (AvgIpc) is 3.26. The molecule has 6 aromatic rings. The Balaban J connectivity index is 0.00000164. The third-order valence-electron chi connectivity index (χ3n) is 14.3. The van der Waals surface area contributed by atoms with Crippen LogP contribution in [0.1, 0.15) is 116 Å². The molecule has 364 valence electrons. The molecule has 0 bridgehead atoms. The largest absolute Gasteiger partial charge is 0.394 e. The number of benzene rings is 6. The Labute approximate surface area is 421 Å². The van der Waals surface area contributed by atoms with Crippen LogP contribution in [0.3, 0.4) is 0 Å². The molecular formula is C60H80O5SSn2. The molecular weight excluding hydrogens is 1070 g/mol. The maximum absolute atomic E-state index is 9.39. The van der Waals surface area contributed by atoms with Crippen LogP contribution in [0.5, 0.6) is 0 Å². The van der Waals surface area contributed by atoms with Crippen LogP contribution in [0.4, 0.5) is 0 Å². The van der Waals surface area contributed by atoms with Crippen LogP contribution in [-0.4, -0.2) is 55.1 Å². The summed E-state index contributed by atoms with van der Waals surface area (Å²) in [5, 5.41) is 0. The molecule has 5 nitrogen and oxygen atoms in total. The van der Waals surface area contributed by atoms with Crippen LogP contribution in [0.25, 0.3) is 0 Å². The van der Waals surface area contributed by atoms with Gasteiger partial charge in [-0.05, 0) is 0 Å². The third-order valence-corrected chi connectivity index (χ3v) is 59.6. The van der Waals surface area contributed by atoms with Gasteiger partial charge in [-0.2, -0.15) is 8.42 Å². The van der Waals surface area contributed by atoms with E-state index in [-0.39, 0.29) is 32.5 Å². The minimum Gasteiger partial charge on any atom is -0.264 e. The van der Waals surface area contributed by atoms with Gasteiger partial charge in [-0.15, -0.1) is 0 Å². The van der Waals surface area contributed by atoms with Gasteiger partial charge in [-0.25, -0.2) is 0 Å². The summed E-state index contributed by atoms with van der Waals surface area (Å²) in [6.07, 6.45) is 0. The number of hydrogen-bond donors (Lipinski definition) is 2. The summed E-state index contributed by atoms with van der Waals surface area (Å²) >= 11 is -8.23. The molecule has 0 fully saturated rings. The Morgan fingerprint density at radius 3 is 0.544 bits per heavy atom. The first-order valence-corrected chi connectivity index (χ1v) is 40.1. The summed E-state index contributed by atoms with van der Waals surface area (Å²) in [5.74, 6) is 0. The quantitative estimate of drug-likeness (QED) is 0.0588. The number of hydrogen-bond acceptors (Lipinski definition) is 3. The zero-order valence-corrected chi connectivity index (χ0v) is 49.6. The summed E-state index contributed by atoms with van der Waals surface area (Å²) in [7, 11) is -4.67. The standard InChI is InChI=1S/6C10H13.H2O4S.O.2Sn/c6*1-10(2,3)9-7-5-4-6-8-9;1-5(2,3)4;;;/h6*4-8H,1H2,2-3H3;(H2,1,2,3,4);;;. The van der Waals surface area contributed by atoms with Crippen LogP contribution >= 0.6 is 0 Å². The fraction of sp³-hybridized carbons (Fsp3) is 0.400. The van der Waals surface area contributed by atoms with Crippen molar-refractivity contribution >= 4 is 48.0 Å². The van der Waals surface area contributed by atoms with Gasteiger partial charge in [0, 0.05) is 0 Å². The molecule has 0 unspecified atom stereocenters. The van der Waals surface area contributed by atoms with E-state index in [4.69, 9.17) is 17.5 Å². The molecule has 0 saturated heterocycles. The Morgan fingerprint density at radius 2 is 0.426 bits per heavy atom. The van der Waals surface area contributed by atoms with Crippen molar-refractivity contribution in [3.63, 3.8) is 0 Å². The summed E-state index contributed by atoms with van der Waals surface area (Å²) in [6.45, 7) is 30.4. The van der Waals surface area contributed by atoms with Crippen molar-refractivity contribution in [2.24, 2.45) is 0 Å². The van der Waals surface area contributed by atoms with Crippen LogP contribution < -0.4 is 0 Å². The van der Waals surface area contributed by atoms with E-state index >= 15 is 0 Å². The second kappa shape index (κ2) is 22.4. The summed E-state index contributed by atoms with van der Waals surface area (Å²) in [4.78, 5) is 0. The first-order chi connectivity index (χ1) is 31.6. The fourth-order valence-electron chi connectivity index (χ4n) is 11.8. The molecule has 0 amide bonds. The van der Waals surface area contributed by atoms with Crippen LogP contribution in [-0.2, 0) is 44.3 Å². The minimum absolute atomic E-state index is 0.0900. The van der Waals surface area contributed by atoms with Gasteiger partial charge in [-0.3, -0.25) is 9.11 Å². The molecule has 0 aliphatic rings. The Bertz CT molecular complexity index is 2130. The van der Waals surface area contributed by atoms with Gasteiger partial charge in [0.25, 0.3) is 0 Å². The summed E-state index contributed by atoms with van der Waals surface area (Å²) < 4.78 is 47.6. The smallest absolute Gasteiger partial charge is 0.264 e. The molecule has 0 saturated carbocycles. The Kier molecular flexibility index (Phi) is 18.4. The molecule has 0 spiro atoms. The van der Waals surface area contributed by atoms with Crippen molar-refractivity contribution in [2.45, 2.75) is 142 Å². The van der Waals surface area contributed by atoms with Crippen molar-refractivity contribution < 1.29 is 18.9 Å². The molecule has 0 aromatic heterocycles. The van der Waals surface area contributed by atoms with Crippen LogP contribution in [0.2, 0.25) is 26.6 Å². The summed E-state index contributed by atoms with van der Waals surface area (Å²) in [5.41, 5.74) is 7.98. The van der Waals surface area contributed by atoms with Crippen molar-refractivity contribution in [3.8, 4) is 0 Å². The first-order valence-electron chi connectivity index (χ1n) is 24.3. The van der Waals surface area contributed by atoms with Gasteiger partial charge in [0.05, 0.1) is 0 Å². The van der Waals surface area contributed by atoms with E-state index in [0.717, 1.165) is 26.6 Å². The predicted molar refractivity (Wildman–Crippen MR) is 292 cm³/mol. The fourth-order valence-corrected chi connectivity index (χ4v) is 74.8. The Morgan fingerprint density at radius 1 is 0.309 bits per heavy atom. The van der Waals surface area contributed by atoms with Crippen molar-refractivity contribution in [1.29, 1.82) is 0 Å². The molecule has 0 aliphatic heterocycles. The SMILES string of the molecule is CC(C)([CH2][Sn]([CH2]C(C)(C)c1ccccc1)([CH2]C(C)(C)c1ccccc1)[O][Sn]([CH2]C(C)(C)c1ccccc1)([CH2]C(C)(C)c1ccccc1)[CH2]C(C)(C)c1ccccc1)c1ccccc1.O=S(=O)(O)O. The van der Waals surface area contributed by atoms with E-state index in [1.807, 2.05) is 0 Å². The summed E-state index contributed by atoms with van der Waals surface area (Å²) in [6, 6.07) is 68.6. The predicted octanol–water partition coefficient (Wildman–Crippen LogP) is 16.1. The first kappa shape index (κ1) is 55.7.